The average Bonchev–Trinajstić information content (AvgIpc) is 3.09. The summed E-state index contributed by atoms with van der Waals surface area (Å²) in [6.07, 6.45) is 3.44. The molecule has 4 rings (SSSR count). The van der Waals surface area contributed by atoms with Crippen molar-refractivity contribution in [3.8, 4) is 0 Å². The van der Waals surface area contributed by atoms with Crippen LogP contribution in [0.15, 0.2) is 66.7 Å². The van der Waals surface area contributed by atoms with Crippen molar-refractivity contribution in [3.05, 3.63) is 78.0 Å². The van der Waals surface area contributed by atoms with E-state index in [1.54, 1.807) is 11.0 Å². The fourth-order valence-corrected chi connectivity index (χ4v) is 3.62. The van der Waals surface area contributed by atoms with E-state index in [1.807, 2.05) is 83.3 Å². The van der Waals surface area contributed by atoms with Gasteiger partial charge in [-0.3, -0.25) is 9.59 Å². The molecule has 0 spiro atoms. The maximum atomic E-state index is 13.0. The molecule has 5 nitrogen and oxygen atoms in total. The predicted octanol–water partition coefficient (Wildman–Crippen LogP) is 3.18. The number of fused-ring (bicyclic) bond motifs is 1. The number of nitrogens with zero attached hydrogens (tertiary/aromatic N) is 3. The van der Waals surface area contributed by atoms with E-state index in [9.17, 15) is 9.59 Å². The highest BCUT2D eigenvalue weighted by atomic mass is 16.2. The lowest BCUT2D eigenvalue weighted by atomic mass is 10.2. The van der Waals surface area contributed by atoms with Crippen LogP contribution in [0.1, 0.15) is 16.1 Å². The third-order valence-corrected chi connectivity index (χ3v) is 5.27. The molecule has 2 amide bonds. The first kappa shape index (κ1) is 18.0. The van der Waals surface area contributed by atoms with E-state index in [4.69, 9.17) is 0 Å². The van der Waals surface area contributed by atoms with Crippen molar-refractivity contribution in [2.75, 3.05) is 26.2 Å². The largest absolute Gasteiger partial charge is 0.340 e. The Bertz CT molecular complexity index is 1030. The zero-order chi connectivity index (χ0) is 19.5. The zero-order valence-electron chi connectivity index (χ0n) is 15.9. The molecule has 0 unspecified atom stereocenters. The highest BCUT2D eigenvalue weighted by Gasteiger charge is 2.25. The number of benzene rings is 2. The van der Waals surface area contributed by atoms with E-state index >= 15 is 0 Å². The standard InChI is InChI=1S/C23H23N3O2/c1-24-20-10-6-5-9-19(20)17-21(24)23(28)26-15-13-25(14-16-26)22(27)12-11-18-7-3-2-4-8-18/h2-12,17H,13-16H2,1H3/b12-11+. The summed E-state index contributed by atoms with van der Waals surface area (Å²) >= 11 is 0. The minimum atomic E-state index is -0.0134. The molecule has 0 N–H and O–H groups in total. The molecular formula is C23H23N3O2. The van der Waals surface area contributed by atoms with Crippen molar-refractivity contribution in [3.63, 3.8) is 0 Å². The molecule has 1 aliphatic heterocycles. The second-order valence-corrected chi connectivity index (χ2v) is 7.01. The van der Waals surface area contributed by atoms with E-state index in [0.717, 1.165) is 16.5 Å². The summed E-state index contributed by atoms with van der Waals surface area (Å²) in [4.78, 5) is 29.0. The number of amides is 2. The number of carbonyl (C=O) groups excluding carboxylic acids is 2. The van der Waals surface area contributed by atoms with Crippen molar-refractivity contribution in [1.82, 2.24) is 14.4 Å². The van der Waals surface area contributed by atoms with Crippen molar-refractivity contribution in [2.45, 2.75) is 0 Å². The molecule has 5 heteroatoms. The first-order valence-electron chi connectivity index (χ1n) is 9.49. The predicted molar refractivity (Wildman–Crippen MR) is 111 cm³/mol. The zero-order valence-corrected chi connectivity index (χ0v) is 15.9. The Kier molecular flexibility index (Phi) is 4.98. The first-order chi connectivity index (χ1) is 13.6. The van der Waals surface area contributed by atoms with Crippen LogP contribution in [0.4, 0.5) is 0 Å². The van der Waals surface area contributed by atoms with Crippen LogP contribution in [-0.2, 0) is 11.8 Å². The maximum absolute atomic E-state index is 13.0. The molecule has 0 aliphatic carbocycles. The molecule has 1 aromatic heterocycles. The summed E-state index contributed by atoms with van der Waals surface area (Å²) in [6.45, 7) is 2.19. The lowest BCUT2D eigenvalue weighted by Gasteiger charge is -2.34. The molecule has 28 heavy (non-hydrogen) atoms. The van der Waals surface area contributed by atoms with Crippen molar-refractivity contribution in [2.24, 2.45) is 7.05 Å². The van der Waals surface area contributed by atoms with Gasteiger partial charge in [0, 0.05) is 50.2 Å². The lowest BCUT2D eigenvalue weighted by molar-refractivity contribution is -0.127. The van der Waals surface area contributed by atoms with E-state index in [0.29, 0.717) is 31.9 Å². The quantitative estimate of drug-likeness (QED) is 0.662. The fraction of sp³-hybridized carbons (Fsp3) is 0.217. The third kappa shape index (κ3) is 3.56. The minimum absolute atomic E-state index is 0.0134. The Morgan fingerprint density at radius 1 is 0.857 bits per heavy atom. The Morgan fingerprint density at radius 3 is 2.21 bits per heavy atom. The number of aryl methyl sites for hydroxylation is 1. The van der Waals surface area contributed by atoms with Crippen LogP contribution in [0.3, 0.4) is 0 Å². The van der Waals surface area contributed by atoms with Crippen LogP contribution in [0.5, 0.6) is 0 Å². The summed E-state index contributed by atoms with van der Waals surface area (Å²) in [7, 11) is 1.92. The molecule has 3 aromatic rings. The van der Waals surface area contributed by atoms with E-state index in [1.165, 1.54) is 0 Å². The van der Waals surface area contributed by atoms with Gasteiger partial charge in [-0.1, -0.05) is 48.5 Å². The maximum Gasteiger partial charge on any atom is 0.270 e. The molecule has 1 fully saturated rings. The molecule has 2 heterocycles. The Morgan fingerprint density at radius 2 is 1.50 bits per heavy atom. The number of hydrogen-bond donors (Lipinski definition) is 0. The second-order valence-electron chi connectivity index (χ2n) is 7.01. The van der Waals surface area contributed by atoms with Gasteiger partial charge in [0.1, 0.15) is 5.69 Å². The molecule has 1 saturated heterocycles. The topological polar surface area (TPSA) is 45.6 Å². The number of piperazine rings is 1. The highest BCUT2D eigenvalue weighted by molar-refractivity contribution is 5.99. The van der Waals surface area contributed by atoms with Crippen LogP contribution in [0, 0.1) is 0 Å². The monoisotopic (exact) mass is 373 g/mol. The normalized spacial score (nSPS) is 14.8. The van der Waals surface area contributed by atoms with Gasteiger partial charge in [0.15, 0.2) is 0 Å². The number of hydrogen-bond acceptors (Lipinski definition) is 2. The van der Waals surface area contributed by atoms with Gasteiger partial charge < -0.3 is 14.4 Å². The van der Waals surface area contributed by atoms with Crippen LogP contribution < -0.4 is 0 Å². The van der Waals surface area contributed by atoms with Gasteiger partial charge in [-0.15, -0.1) is 0 Å². The molecule has 0 atom stereocenters. The fourth-order valence-electron chi connectivity index (χ4n) is 3.62. The Labute approximate surface area is 164 Å². The number of carbonyl (C=O) groups is 2. The number of aromatic nitrogens is 1. The van der Waals surface area contributed by atoms with Crippen LogP contribution in [0.2, 0.25) is 0 Å². The van der Waals surface area contributed by atoms with Crippen LogP contribution in [0.25, 0.3) is 17.0 Å². The Balaban J connectivity index is 1.39. The smallest absolute Gasteiger partial charge is 0.270 e. The van der Waals surface area contributed by atoms with Gasteiger partial charge in [-0.05, 0) is 23.8 Å². The SMILES string of the molecule is Cn1c(C(=O)N2CCN(C(=O)/C=C/c3ccccc3)CC2)cc2ccccc21. The lowest BCUT2D eigenvalue weighted by Crippen LogP contribution is -2.50. The molecule has 2 aromatic carbocycles. The molecule has 0 saturated carbocycles. The third-order valence-electron chi connectivity index (χ3n) is 5.27. The van der Waals surface area contributed by atoms with Gasteiger partial charge in [-0.25, -0.2) is 0 Å². The van der Waals surface area contributed by atoms with Crippen LogP contribution >= 0.6 is 0 Å². The summed E-state index contributed by atoms with van der Waals surface area (Å²) in [5.41, 5.74) is 2.73. The van der Waals surface area contributed by atoms with Gasteiger partial charge >= 0.3 is 0 Å². The van der Waals surface area contributed by atoms with Gasteiger partial charge in [0.2, 0.25) is 5.91 Å². The van der Waals surface area contributed by atoms with Gasteiger partial charge in [0.25, 0.3) is 5.91 Å². The molecule has 1 aliphatic rings. The van der Waals surface area contributed by atoms with Crippen molar-refractivity contribution in [1.29, 1.82) is 0 Å². The molecule has 0 bridgehead atoms. The van der Waals surface area contributed by atoms with E-state index < -0.39 is 0 Å². The first-order valence-corrected chi connectivity index (χ1v) is 9.49. The number of rotatable bonds is 3. The molecular weight excluding hydrogens is 350 g/mol. The van der Waals surface area contributed by atoms with Gasteiger partial charge in [-0.2, -0.15) is 0 Å². The molecule has 0 radical (unpaired) electrons. The highest BCUT2D eigenvalue weighted by Crippen LogP contribution is 2.20. The van der Waals surface area contributed by atoms with E-state index in [-0.39, 0.29) is 11.8 Å². The van der Waals surface area contributed by atoms with Crippen molar-refractivity contribution >= 4 is 28.8 Å². The minimum Gasteiger partial charge on any atom is -0.340 e. The summed E-state index contributed by atoms with van der Waals surface area (Å²) in [5, 5.41) is 1.06. The summed E-state index contributed by atoms with van der Waals surface area (Å²) in [6, 6.07) is 19.7. The van der Waals surface area contributed by atoms with Crippen molar-refractivity contribution < 1.29 is 9.59 Å². The number of para-hydroxylation sites is 1. The summed E-state index contributed by atoms with van der Waals surface area (Å²) in [5.74, 6) is 0.00573. The van der Waals surface area contributed by atoms with Crippen LogP contribution in [-0.4, -0.2) is 52.4 Å². The van der Waals surface area contributed by atoms with Gasteiger partial charge in [0.05, 0.1) is 0 Å². The van der Waals surface area contributed by atoms with E-state index in [2.05, 4.69) is 0 Å². The average molecular weight is 373 g/mol. The second kappa shape index (κ2) is 7.72. The Hall–Kier alpha value is -3.34. The summed E-state index contributed by atoms with van der Waals surface area (Å²) < 4.78 is 1.94. The molecule has 142 valence electrons.